The van der Waals surface area contributed by atoms with Gasteiger partial charge in [0.1, 0.15) is 11.3 Å². The number of aromatic nitrogens is 5. The summed E-state index contributed by atoms with van der Waals surface area (Å²) in [4.78, 5) is 11.9. The van der Waals surface area contributed by atoms with E-state index in [1.165, 1.54) is 23.9 Å². The molecule has 0 radical (unpaired) electrons. The number of unbranched alkanes of at least 4 members (excludes halogenated alkanes) is 1. The zero-order valence-electron chi connectivity index (χ0n) is 15.3. The summed E-state index contributed by atoms with van der Waals surface area (Å²) >= 11 is 1.34. The molecule has 1 aromatic carbocycles. The number of thioether (sulfide) groups is 1. The van der Waals surface area contributed by atoms with Crippen molar-refractivity contribution < 1.29 is 9.18 Å². The standard InChI is InChI=1S/C19H19FN6OS/c1-2-3-8-21-17(27)12-28-19-23-22-18-16-11-15(13-4-6-14(20)7-5-13)24-26(16)10-9-25(18)19/h4-7,9-11H,2-3,8,12H2,1H3,(H,21,27). The van der Waals surface area contributed by atoms with Crippen LogP contribution in [0.1, 0.15) is 19.8 Å². The van der Waals surface area contributed by atoms with E-state index in [1.807, 2.05) is 22.9 Å². The van der Waals surface area contributed by atoms with Gasteiger partial charge in [0.05, 0.1) is 11.4 Å². The van der Waals surface area contributed by atoms with E-state index < -0.39 is 0 Å². The van der Waals surface area contributed by atoms with Crippen LogP contribution in [0.3, 0.4) is 0 Å². The largest absolute Gasteiger partial charge is 0.355 e. The van der Waals surface area contributed by atoms with Gasteiger partial charge in [-0.2, -0.15) is 5.10 Å². The van der Waals surface area contributed by atoms with Crippen LogP contribution in [0, 0.1) is 5.82 Å². The Kier molecular flexibility index (Phi) is 5.25. The highest BCUT2D eigenvalue weighted by Crippen LogP contribution is 2.24. The van der Waals surface area contributed by atoms with Gasteiger partial charge in [0.25, 0.3) is 0 Å². The SMILES string of the molecule is CCCCNC(=O)CSc1nnc2c3cc(-c4ccc(F)cc4)nn3ccn12. The fourth-order valence-corrected chi connectivity index (χ4v) is 3.58. The lowest BCUT2D eigenvalue weighted by Crippen LogP contribution is -2.26. The number of amides is 1. The second-order valence-corrected chi connectivity index (χ2v) is 7.28. The predicted molar refractivity (Wildman–Crippen MR) is 106 cm³/mol. The zero-order valence-corrected chi connectivity index (χ0v) is 16.1. The topological polar surface area (TPSA) is 76.6 Å². The molecular formula is C19H19FN6OS. The maximum Gasteiger partial charge on any atom is 0.230 e. The molecule has 0 aliphatic rings. The van der Waals surface area contributed by atoms with Crippen molar-refractivity contribution in [2.45, 2.75) is 24.9 Å². The summed E-state index contributed by atoms with van der Waals surface area (Å²) < 4.78 is 16.7. The van der Waals surface area contributed by atoms with Crippen LogP contribution in [0.4, 0.5) is 4.39 Å². The van der Waals surface area contributed by atoms with Gasteiger partial charge in [0.2, 0.25) is 5.91 Å². The summed E-state index contributed by atoms with van der Waals surface area (Å²) in [5.74, 6) is -0.0116. The highest BCUT2D eigenvalue weighted by atomic mass is 32.2. The first-order valence-electron chi connectivity index (χ1n) is 9.04. The van der Waals surface area contributed by atoms with Crippen LogP contribution < -0.4 is 5.32 Å². The van der Waals surface area contributed by atoms with E-state index in [4.69, 9.17) is 0 Å². The highest BCUT2D eigenvalue weighted by molar-refractivity contribution is 7.99. The van der Waals surface area contributed by atoms with Gasteiger partial charge in [0.15, 0.2) is 10.8 Å². The number of benzene rings is 1. The van der Waals surface area contributed by atoms with Gasteiger partial charge in [-0.1, -0.05) is 25.1 Å². The molecule has 1 N–H and O–H groups in total. The molecule has 0 unspecified atom stereocenters. The fourth-order valence-electron chi connectivity index (χ4n) is 2.84. The third-order valence-corrected chi connectivity index (χ3v) is 5.25. The number of rotatable bonds is 7. The average molecular weight is 398 g/mol. The molecule has 1 amide bonds. The zero-order chi connectivity index (χ0) is 19.5. The van der Waals surface area contributed by atoms with Gasteiger partial charge >= 0.3 is 0 Å². The Morgan fingerprint density at radius 3 is 2.82 bits per heavy atom. The number of carbonyl (C=O) groups excluding carboxylic acids is 1. The summed E-state index contributed by atoms with van der Waals surface area (Å²) in [6, 6.07) is 8.09. The summed E-state index contributed by atoms with van der Waals surface area (Å²) in [5, 5.41) is 16.5. The number of hydrogen-bond donors (Lipinski definition) is 1. The van der Waals surface area contributed by atoms with E-state index in [1.54, 1.807) is 16.6 Å². The van der Waals surface area contributed by atoms with E-state index in [9.17, 15) is 9.18 Å². The van der Waals surface area contributed by atoms with E-state index >= 15 is 0 Å². The number of hydrogen-bond acceptors (Lipinski definition) is 5. The minimum absolute atomic E-state index is 0.0146. The van der Waals surface area contributed by atoms with Gasteiger partial charge in [-0.3, -0.25) is 9.20 Å². The molecular weight excluding hydrogens is 379 g/mol. The third kappa shape index (κ3) is 3.70. The summed E-state index contributed by atoms with van der Waals surface area (Å²) in [7, 11) is 0. The molecule has 0 saturated heterocycles. The summed E-state index contributed by atoms with van der Waals surface area (Å²) in [6.07, 6.45) is 5.65. The third-order valence-electron chi connectivity index (χ3n) is 4.31. The van der Waals surface area contributed by atoms with Gasteiger partial charge in [-0.05, 0) is 36.8 Å². The quantitative estimate of drug-likeness (QED) is 0.382. The van der Waals surface area contributed by atoms with Gasteiger partial charge in [0, 0.05) is 24.5 Å². The van der Waals surface area contributed by atoms with E-state index in [0.29, 0.717) is 17.3 Å². The van der Waals surface area contributed by atoms with Gasteiger partial charge in [-0.15, -0.1) is 10.2 Å². The van der Waals surface area contributed by atoms with Crippen molar-refractivity contribution in [1.82, 2.24) is 29.5 Å². The molecule has 9 heteroatoms. The number of carbonyl (C=O) groups is 1. The lowest BCUT2D eigenvalue weighted by atomic mass is 10.1. The first-order chi connectivity index (χ1) is 13.7. The van der Waals surface area contributed by atoms with Gasteiger partial charge in [-0.25, -0.2) is 8.91 Å². The van der Waals surface area contributed by atoms with Crippen molar-refractivity contribution in [3.63, 3.8) is 0 Å². The van der Waals surface area contributed by atoms with Gasteiger partial charge < -0.3 is 5.32 Å². The minimum Gasteiger partial charge on any atom is -0.355 e. The van der Waals surface area contributed by atoms with E-state index in [0.717, 1.165) is 29.6 Å². The molecule has 28 heavy (non-hydrogen) atoms. The molecule has 4 aromatic rings. The van der Waals surface area contributed by atoms with Crippen LogP contribution >= 0.6 is 11.8 Å². The first-order valence-corrected chi connectivity index (χ1v) is 10.0. The molecule has 4 rings (SSSR count). The maximum atomic E-state index is 13.2. The number of nitrogens with one attached hydrogen (secondary N) is 1. The van der Waals surface area contributed by atoms with Crippen molar-refractivity contribution >= 4 is 28.8 Å². The van der Waals surface area contributed by atoms with E-state index in [-0.39, 0.29) is 17.5 Å². The van der Waals surface area contributed by atoms with Crippen molar-refractivity contribution in [2.24, 2.45) is 0 Å². The maximum absolute atomic E-state index is 13.2. The van der Waals surface area contributed by atoms with Crippen LogP contribution in [0.5, 0.6) is 0 Å². The molecule has 0 aliphatic heterocycles. The van der Waals surface area contributed by atoms with E-state index in [2.05, 4.69) is 27.5 Å². The molecule has 0 saturated carbocycles. The number of nitrogens with zero attached hydrogens (tertiary/aromatic N) is 5. The summed E-state index contributed by atoms with van der Waals surface area (Å²) in [6.45, 7) is 2.78. The van der Waals surface area contributed by atoms with Crippen molar-refractivity contribution in [1.29, 1.82) is 0 Å². The number of halogens is 1. The van der Waals surface area contributed by atoms with Crippen LogP contribution in [-0.4, -0.2) is 42.4 Å². The van der Waals surface area contributed by atoms with Crippen LogP contribution in [-0.2, 0) is 4.79 Å². The molecule has 0 bridgehead atoms. The molecule has 144 valence electrons. The molecule has 0 fully saturated rings. The first kappa shape index (κ1) is 18.4. The molecule has 0 spiro atoms. The van der Waals surface area contributed by atoms with Crippen molar-refractivity contribution in [2.75, 3.05) is 12.3 Å². The normalized spacial score (nSPS) is 11.4. The monoisotopic (exact) mass is 398 g/mol. The Balaban J connectivity index is 1.57. The van der Waals surface area contributed by atoms with Crippen LogP contribution in [0.25, 0.3) is 22.4 Å². The van der Waals surface area contributed by atoms with Crippen LogP contribution in [0.2, 0.25) is 0 Å². The Morgan fingerprint density at radius 1 is 1.21 bits per heavy atom. The Bertz CT molecular complexity index is 1120. The molecule has 0 aliphatic carbocycles. The minimum atomic E-state index is -0.284. The summed E-state index contributed by atoms with van der Waals surface area (Å²) in [5.41, 5.74) is 2.98. The second-order valence-electron chi connectivity index (χ2n) is 6.33. The Labute approximate surface area is 165 Å². The lowest BCUT2D eigenvalue weighted by Gasteiger charge is -2.03. The molecule has 3 heterocycles. The van der Waals surface area contributed by atoms with Crippen molar-refractivity contribution in [3.8, 4) is 11.3 Å². The Morgan fingerprint density at radius 2 is 2.04 bits per heavy atom. The molecule has 0 atom stereocenters. The fraction of sp³-hybridized carbons (Fsp3) is 0.263. The highest BCUT2D eigenvalue weighted by Gasteiger charge is 2.14. The predicted octanol–water partition coefficient (Wildman–Crippen LogP) is 3.19. The second kappa shape index (κ2) is 7.97. The smallest absolute Gasteiger partial charge is 0.230 e. The Hall–Kier alpha value is -2.94. The lowest BCUT2D eigenvalue weighted by molar-refractivity contribution is -0.118. The van der Waals surface area contributed by atoms with Crippen molar-refractivity contribution in [3.05, 3.63) is 48.5 Å². The molecule has 7 nitrogen and oxygen atoms in total. The number of fused-ring (bicyclic) bond motifs is 3. The molecule has 3 aromatic heterocycles. The van der Waals surface area contributed by atoms with Crippen LogP contribution in [0.15, 0.2) is 47.9 Å². The average Bonchev–Trinajstić information content (AvgIpc) is 3.31.